The molecule has 0 fully saturated rings. The maximum Gasteiger partial charge on any atom is 0.219 e. The van der Waals surface area contributed by atoms with Gasteiger partial charge in [0.2, 0.25) is 6.29 Å². The van der Waals surface area contributed by atoms with Crippen LogP contribution in [0.1, 0.15) is 33.6 Å². The summed E-state index contributed by atoms with van der Waals surface area (Å²) >= 11 is 0. The molecule has 0 aromatic heterocycles. The molecule has 0 spiro atoms. The Morgan fingerprint density at radius 3 is 2.71 bits per heavy atom. The van der Waals surface area contributed by atoms with Crippen molar-refractivity contribution in [2.75, 3.05) is 6.61 Å². The van der Waals surface area contributed by atoms with Crippen molar-refractivity contribution in [3.8, 4) is 0 Å². The fourth-order valence-corrected chi connectivity index (χ4v) is 1.44. The molecule has 0 amide bonds. The van der Waals surface area contributed by atoms with Crippen LogP contribution in [0.3, 0.4) is 0 Å². The fourth-order valence-electron chi connectivity index (χ4n) is 1.44. The van der Waals surface area contributed by atoms with E-state index in [-0.39, 0.29) is 6.29 Å². The summed E-state index contributed by atoms with van der Waals surface area (Å²) in [6, 6.07) is 0. The van der Waals surface area contributed by atoms with Crippen molar-refractivity contribution in [3.05, 3.63) is 47.8 Å². The largest absolute Gasteiger partial charge is 0.469 e. The van der Waals surface area contributed by atoms with E-state index in [0.717, 1.165) is 12.8 Å². The SMILES string of the molecule is CC(C)=CCC/C(C)=C/COC1C=CC=CO1. The molecule has 0 saturated carbocycles. The molecule has 0 saturated heterocycles. The molecule has 94 valence electrons. The Bertz CT molecular complexity index is 331. The van der Waals surface area contributed by atoms with Gasteiger partial charge in [0.1, 0.15) is 0 Å². The Balaban J connectivity index is 2.17. The van der Waals surface area contributed by atoms with Gasteiger partial charge in [0.25, 0.3) is 0 Å². The van der Waals surface area contributed by atoms with Gasteiger partial charge in [-0.1, -0.05) is 29.4 Å². The van der Waals surface area contributed by atoms with E-state index in [0.29, 0.717) is 6.61 Å². The molecule has 1 heterocycles. The summed E-state index contributed by atoms with van der Waals surface area (Å²) in [5, 5.41) is 0. The first-order valence-electron chi connectivity index (χ1n) is 6.08. The van der Waals surface area contributed by atoms with Crippen LogP contribution < -0.4 is 0 Å². The van der Waals surface area contributed by atoms with Crippen LogP contribution in [0.2, 0.25) is 0 Å². The normalized spacial score (nSPS) is 19.0. The van der Waals surface area contributed by atoms with Gasteiger partial charge >= 0.3 is 0 Å². The molecule has 2 heteroatoms. The second-order valence-electron chi connectivity index (χ2n) is 4.42. The summed E-state index contributed by atoms with van der Waals surface area (Å²) in [5.41, 5.74) is 2.74. The Morgan fingerprint density at radius 1 is 1.24 bits per heavy atom. The maximum absolute atomic E-state index is 5.53. The van der Waals surface area contributed by atoms with Crippen LogP contribution in [0, 0.1) is 0 Å². The van der Waals surface area contributed by atoms with Crippen LogP contribution in [-0.2, 0) is 9.47 Å². The second kappa shape index (κ2) is 7.91. The van der Waals surface area contributed by atoms with Gasteiger partial charge in [-0.15, -0.1) is 0 Å². The number of hydrogen-bond donors (Lipinski definition) is 0. The molecule has 1 unspecified atom stereocenters. The molecule has 1 aliphatic rings. The number of rotatable bonds is 6. The van der Waals surface area contributed by atoms with Gasteiger partial charge in [-0.05, 0) is 45.8 Å². The smallest absolute Gasteiger partial charge is 0.219 e. The van der Waals surface area contributed by atoms with Crippen molar-refractivity contribution in [1.82, 2.24) is 0 Å². The Kier molecular flexibility index (Phi) is 6.41. The predicted octanol–water partition coefficient (Wildman–Crippen LogP) is 4.12. The van der Waals surface area contributed by atoms with Crippen molar-refractivity contribution in [2.45, 2.75) is 39.9 Å². The van der Waals surface area contributed by atoms with E-state index in [1.807, 2.05) is 18.2 Å². The highest BCUT2D eigenvalue weighted by atomic mass is 16.7. The number of ether oxygens (including phenoxy) is 2. The lowest BCUT2D eigenvalue weighted by Gasteiger charge is -2.14. The standard InChI is InChI=1S/C15H22O2/c1-13(2)7-6-8-14(3)10-12-17-15-9-4-5-11-16-15/h4-5,7,9-11,15H,6,8,12H2,1-3H3/b14-10+. The van der Waals surface area contributed by atoms with Crippen molar-refractivity contribution >= 4 is 0 Å². The average Bonchev–Trinajstić information content (AvgIpc) is 2.30. The molecular weight excluding hydrogens is 212 g/mol. The molecule has 2 nitrogen and oxygen atoms in total. The summed E-state index contributed by atoms with van der Waals surface area (Å²) in [6.07, 6.45) is 13.7. The van der Waals surface area contributed by atoms with Crippen molar-refractivity contribution in [3.63, 3.8) is 0 Å². The van der Waals surface area contributed by atoms with E-state index in [4.69, 9.17) is 9.47 Å². The molecule has 0 bridgehead atoms. The van der Waals surface area contributed by atoms with Crippen molar-refractivity contribution in [1.29, 1.82) is 0 Å². The molecule has 0 N–H and O–H groups in total. The van der Waals surface area contributed by atoms with Gasteiger partial charge in [-0.2, -0.15) is 0 Å². The van der Waals surface area contributed by atoms with E-state index in [9.17, 15) is 0 Å². The van der Waals surface area contributed by atoms with Crippen LogP contribution >= 0.6 is 0 Å². The molecule has 0 aromatic carbocycles. The van der Waals surface area contributed by atoms with Gasteiger partial charge < -0.3 is 9.47 Å². The highest BCUT2D eigenvalue weighted by Gasteiger charge is 2.03. The highest BCUT2D eigenvalue weighted by Crippen LogP contribution is 2.08. The van der Waals surface area contributed by atoms with E-state index in [2.05, 4.69) is 32.9 Å². The quantitative estimate of drug-likeness (QED) is 0.643. The van der Waals surface area contributed by atoms with Gasteiger partial charge in [-0.25, -0.2) is 0 Å². The lowest BCUT2D eigenvalue weighted by atomic mass is 10.1. The van der Waals surface area contributed by atoms with Crippen LogP contribution in [0.25, 0.3) is 0 Å². The summed E-state index contributed by atoms with van der Waals surface area (Å²) in [6.45, 7) is 6.99. The lowest BCUT2D eigenvalue weighted by molar-refractivity contribution is -0.0633. The van der Waals surface area contributed by atoms with Gasteiger partial charge in [0.05, 0.1) is 12.9 Å². The zero-order valence-electron chi connectivity index (χ0n) is 11.0. The summed E-state index contributed by atoms with van der Waals surface area (Å²) in [7, 11) is 0. The van der Waals surface area contributed by atoms with Crippen molar-refractivity contribution < 1.29 is 9.47 Å². The van der Waals surface area contributed by atoms with E-state index in [1.165, 1.54) is 11.1 Å². The first kappa shape index (κ1) is 13.8. The third-order valence-corrected chi connectivity index (χ3v) is 2.45. The fraction of sp³-hybridized carbons (Fsp3) is 0.467. The maximum atomic E-state index is 5.53. The van der Waals surface area contributed by atoms with Crippen LogP contribution in [0.5, 0.6) is 0 Å². The van der Waals surface area contributed by atoms with Crippen LogP contribution in [0.15, 0.2) is 47.8 Å². The van der Waals surface area contributed by atoms with E-state index in [1.54, 1.807) is 6.26 Å². The minimum atomic E-state index is -0.234. The second-order valence-corrected chi connectivity index (χ2v) is 4.42. The molecule has 1 rings (SSSR count). The van der Waals surface area contributed by atoms with Crippen LogP contribution in [-0.4, -0.2) is 12.9 Å². The highest BCUT2D eigenvalue weighted by molar-refractivity contribution is 5.06. The zero-order valence-corrected chi connectivity index (χ0v) is 11.0. The monoisotopic (exact) mass is 234 g/mol. The molecular formula is C15H22O2. The predicted molar refractivity (Wildman–Crippen MR) is 71.5 cm³/mol. The first-order valence-corrected chi connectivity index (χ1v) is 6.08. The molecule has 0 aromatic rings. The third-order valence-electron chi connectivity index (χ3n) is 2.45. The minimum absolute atomic E-state index is 0.234. The summed E-state index contributed by atoms with van der Waals surface area (Å²) in [5.74, 6) is 0. The molecule has 0 radical (unpaired) electrons. The van der Waals surface area contributed by atoms with Gasteiger partial charge in [0, 0.05) is 0 Å². The third kappa shape index (κ3) is 6.80. The Hall–Kier alpha value is -1.28. The van der Waals surface area contributed by atoms with E-state index < -0.39 is 0 Å². The molecule has 1 atom stereocenters. The molecule has 1 aliphatic heterocycles. The topological polar surface area (TPSA) is 18.5 Å². The zero-order chi connectivity index (χ0) is 12.5. The lowest BCUT2D eigenvalue weighted by Crippen LogP contribution is -2.13. The number of allylic oxidation sites excluding steroid dienone is 5. The van der Waals surface area contributed by atoms with Gasteiger partial charge in [-0.3, -0.25) is 0 Å². The average molecular weight is 234 g/mol. The summed E-state index contributed by atoms with van der Waals surface area (Å²) < 4.78 is 10.8. The van der Waals surface area contributed by atoms with Crippen molar-refractivity contribution in [2.24, 2.45) is 0 Å². The number of hydrogen-bond acceptors (Lipinski definition) is 2. The minimum Gasteiger partial charge on any atom is -0.469 e. The molecule has 0 aliphatic carbocycles. The van der Waals surface area contributed by atoms with Gasteiger partial charge in [0.15, 0.2) is 0 Å². The Labute approximate surface area is 104 Å². The summed E-state index contributed by atoms with van der Waals surface area (Å²) in [4.78, 5) is 0. The molecule has 17 heavy (non-hydrogen) atoms. The first-order chi connectivity index (χ1) is 8.18. The van der Waals surface area contributed by atoms with E-state index >= 15 is 0 Å². The Morgan fingerprint density at radius 2 is 2.06 bits per heavy atom. The van der Waals surface area contributed by atoms with Crippen LogP contribution in [0.4, 0.5) is 0 Å².